The Balaban J connectivity index is 1.94. The van der Waals surface area contributed by atoms with Crippen molar-refractivity contribution in [3.8, 4) is 5.75 Å². The highest BCUT2D eigenvalue weighted by Crippen LogP contribution is 2.44. The summed E-state index contributed by atoms with van der Waals surface area (Å²) in [6.07, 6.45) is 0. The summed E-state index contributed by atoms with van der Waals surface area (Å²) in [7, 11) is 1.59. The van der Waals surface area contributed by atoms with Gasteiger partial charge in [0.15, 0.2) is 5.72 Å². The molecular formula is C21H17NO3. The molecule has 0 saturated carbocycles. The Morgan fingerprint density at radius 1 is 0.880 bits per heavy atom. The Morgan fingerprint density at radius 3 is 2.20 bits per heavy atom. The zero-order chi connectivity index (χ0) is 17.4. The minimum absolute atomic E-state index is 0.230. The molecule has 4 rings (SSSR count). The van der Waals surface area contributed by atoms with E-state index in [1.54, 1.807) is 49.6 Å². The van der Waals surface area contributed by atoms with E-state index in [0.717, 1.165) is 0 Å². The molecule has 1 aliphatic rings. The molecule has 1 N–H and O–H groups in total. The number of nitrogens with zero attached hydrogens (tertiary/aromatic N) is 1. The fourth-order valence-electron chi connectivity index (χ4n) is 3.35. The zero-order valence-corrected chi connectivity index (χ0v) is 13.7. The molecule has 25 heavy (non-hydrogen) atoms. The number of hydrogen-bond acceptors (Lipinski definition) is 3. The smallest absolute Gasteiger partial charge is 0.261 e. The molecule has 0 bridgehead atoms. The van der Waals surface area contributed by atoms with Crippen molar-refractivity contribution in [3.05, 3.63) is 95.6 Å². The first-order valence-electron chi connectivity index (χ1n) is 8.02. The van der Waals surface area contributed by atoms with Gasteiger partial charge in [-0.05, 0) is 30.3 Å². The fraction of sp³-hybridized carbons (Fsp3) is 0.0952. The van der Waals surface area contributed by atoms with Gasteiger partial charge in [-0.1, -0.05) is 48.5 Å². The molecule has 4 nitrogen and oxygen atoms in total. The highest BCUT2D eigenvalue weighted by molar-refractivity contribution is 6.12. The Labute approximate surface area is 145 Å². The minimum atomic E-state index is -1.55. The number of hydrogen-bond donors (Lipinski definition) is 1. The van der Waals surface area contributed by atoms with Crippen molar-refractivity contribution >= 4 is 11.6 Å². The molecule has 3 aromatic rings. The molecule has 0 aliphatic carbocycles. The summed E-state index contributed by atoms with van der Waals surface area (Å²) in [6, 6.07) is 23.5. The van der Waals surface area contributed by atoms with Gasteiger partial charge >= 0.3 is 0 Å². The first-order chi connectivity index (χ1) is 12.2. The lowest BCUT2D eigenvalue weighted by atomic mass is 9.93. The third kappa shape index (κ3) is 2.22. The first-order valence-corrected chi connectivity index (χ1v) is 8.02. The predicted molar refractivity (Wildman–Crippen MR) is 95.7 cm³/mol. The van der Waals surface area contributed by atoms with Crippen molar-refractivity contribution in [2.45, 2.75) is 5.72 Å². The summed E-state index contributed by atoms with van der Waals surface area (Å²) in [5.41, 5.74) is 0.785. The number of amides is 1. The van der Waals surface area contributed by atoms with Crippen LogP contribution in [-0.4, -0.2) is 18.1 Å². The molecule has 1 aliphatic heterocycles. The third-order valence-corrected chi connectivity index (χ3v) is 4.57. The number of methoxy groups -OCH3 is 1. The molecule has 0 radical (unpaired) electrons. The maximum atomic E-state index is 13.1. The van der Waals surface area contributed by atoms with Gasteiger partial charge in [-0.2, -0.15) is 0 Å². The van der Waals surface area contributed by atoms with Crippen LogP contribution in [-0.2, 0) is 5.72 Å². The van der Waals surface area contributed by atoms with E-state index in [9.17, 15) is 9.90 Å². The molecule has 4 heteroatoms. The van der Waals surface area contributed by atoms with E-state index in [-0.39, 0.29) is 5.91 Å². The molecule has 0 fully saturated rings. The molecule has 0 saturated heterocycles. The highest BCUT2D eigenvalue weighted by Gasteiger charge is 2.50. The van der Waals surface area contributed by atoms with Crippen LogP contribution >= 0.6 is 0 Å². The second-order valence-corrected chi connectivity index (χ2v) is 5.92. The largest absolute Gasteiger partial charge is 0.497 e. The second kappa shape index (κ2) is 5.76. The lowest BCUT2D eigenvalue weighted by molar-refractivity contribution is 0.0703. The van der Waals surface area contributed by atoms with Gasteiger partial charge in [-0.15, -0.1) is 0 Å². The molecule has 1 amide bonds. The highest BCUT2D eigenvalue weighted by atomic mass is 16.5. The minimum Gasteiger partial charge on any atom is -0.497 e. The maximum absolute atomic E-state index is 13.1. The third-order valence-electron chi connectivity index (χ3n) is 4.57. The standard InChI is InChI=1S/C21H17NO3/c1-25-17-13-11-16(12-14-17)22-20(23)18-9-5-6-10-19(18)21(22,24)15-7-3-2-4-8-15/h2-14,24H,1H3/t21-/m0/s1. The van der Waals surface area contributed by atoms with Crippen LogP contribution in [0.25, 0.3) is 0 Å². The second-order valence-electron chi connectivity index (χ2n) is 5.92. The van der Waals surface area contributed by atoms with E-state index in [0.29, 0.717) is 28.1 Å². The van der Waals surface area contributed by atoms with Crippen LogP contribution in [0.2, 0.25) is 0 Å². The van der Waals surface area contributed by atoms with E-state index in [2.05, 4.69) is 0 Å². The molecule has 3 aromatic carbocycles. The number of carbonyl (C=O) groups is 1. The number of carbonyl (C=O) groups excluding carboxylic acids is 1. The van der Waals surface area contributed by atoms with E-state index >= 15 is 0 Å². The van der Waals surface area contributed by atoms with E-state index in [1.165, 1.54) is 4.90 Å². The predicted octanol–water partition coefficient (Wildman–Crippen LogP) is 3.55. The number of ether oxygens (including phenoxy) is 1. The maximum Gasteiger partial charge on any atom is 0.261 e. The van der Waals surface area contributed by atoms with Gasteiger partial charge in [-0.25, -0.2) is 0 Å². The van der Waals surface area contributed by atoms with Gasteiger partial charge in [0.1, 0.15) is 5.75 Å². The summed E-state index contributed by atoms with van der Waals surface area (Å²) in [4.78, 5) is 14.5. The topological polar surface area (TPSA) is 49.8 Å². The summed E-state index contributed by atoms with van der Waals surface area (Å²) >= 11 is 0. The van der Waals surface area contributed by atoms with Gasteiger partial charge in [0, 0.05) is 22.4 Å². The van der Waals surface area contributed by atoms with Gasteiger partial charge < -0.3 is 9.84 Å². The van der Waals surface area contributed by atoms with Crippen molar-refractivity contribution in [1.29, 1.82) is 0 Å². The van der Waals surface area contributed by atoms with Gasteiger partial charge in [0.2, 0.25) is 0 Å². The Hall–Kier alpha value is -3.11. The van der Waals surface area contributed by atoms with Crippen molar-refractivity contribution in [2.75, 3.05) is 12.0 Å². The summed E-state index contributed by atoms with van der Waals surface area (Å²) in [5.74, 6) is 0.461. The monoisotopic (exact) mass is 331 g/mol. The van der Waals surface area contributed by atoms with Crippen LogP contribution in [0.3, 0.4) is 0 Å². The van der Waals surface area contributed by atoms with E-state index in [1.807, 2.05) is 36.4 Å². The van der Waals surface area contributed by atoms with Crippen LogP contribution in [0, 0.1) is 0 Å². The molecule has 124 valence electrons. The van der Waals surface area contributed by atoms with Crippen molar-refractivity contribution in [2.24, 2.45) is 0 Å². The SMILES string of the molecule is COc1ccc(N2C(=O)c3ccccc3[C@@]2(O)c2ccccc2)cc1. The van der Waals surface area contributed by atoms with Crippen molar-refractivity contribution < 1.29 is 14.6 Å². The Morgan fingerprint density at radius 2 is 1.52 bits per heavy atom. The van der Waals surface area contributed by atoms with Gasteiger partial charge in [-0.3, -0.25) is 9.69 Å². The zero-order valence-electron chi connectivity index (χ0n) is 13.7. The molecule has 1 heterocycles. The van der Waals surface area contributed by atoms with Crippen LogP contribution < -0.4 is 9.64 Å². The summed E-state index contributed by atoms with van der Waals surface area (Å²) in [5, 5.41) is 11.7. The molecule has 0 spiro atoms. The van der Waals surface area contributed by atoms with Crippen LogP contribution in [0.1, 0.15) is 21.5 Å². The number of anilines is 1. The lowest BCUT2D eigenvalue weighted by Crippen LogP contribution is -2.45. The van der Waals surface area contributed by atoms with Crippen molar-refractivity contribution in [1.82, 2.24) is 0 Å². The number of benzene rings is 3. The normalized spacial score (nSPS) is 19.0. The number of aliphatic hydroxyl groups is 1. The molecule has 0 unspecified atom stereocenters. The summed E-state index contributed by atoms with van der Waals surface area (Å²) < 4.78 is 5.19. The average Bonchev–Trinajstić information content (AvgIpc) is 2.91. The van der Waals surface area contributed by atoms with Gasteiger partial charge in [0.05, 0.1) is 7.11 Å². The Kier molecular flexibility index (Phi) is 3.55. The van der Waals surface area contributed by atoms with Crippen LogP contribution in [0.4, 0.5) is 5.69 Å². The lowest BCUT2D eigenvalue weighted by Gasteiger charge is -2.34. The number of fused-ring (bicyclic) bond motifs is 1. The van der Waals surface area contributed by atoms with Crippen LogP contribution in [0.5, 0.6) is 5.75 Å². The molecule has 0 aromatic heterocycles. The number of rotatable bonds is 3. The van der Waals surface area contributed by atoms with E-state index in [4.69, 9.17) is 4.74 Å². The molecular weight excluding hydrogens is 314 g/mol. The summed E-state index contributed by atoms with van der Waals surface area (Å²) in [6.45, 7) is 0. The van der Waals surface area contributed by atoms with Crippen LogP contribution in [0.15, 0.2) is 78.9 Å². The first kappa shape index (κ1) is 15.4. The molecule has 1 atom stereocenters. The fourth-order valence-corrected chi connectivity index (χ4v) is 3.35. The quantitative estimate of drug-likeness (QED) is 0.798. The van der Waals surface area contributed by atoms with Gasteiger partial charge in [0.25, 0.3) is 5.91 Å². The van der Waals surface area contributed by atoms with E-state index < -0.39 is 5.72 Å². The Bertz CT molecular complexity index is 921. The average molecular weight is 331 g/mol. The van der Waals surface area contributed by atoms with Crippen molar-refractivity contribution in [3.63, 3.8) is 0 Å².